The van der Waals surface area contributed by atoms with Crippen molar-refractivity contribution in [3.8, 4) is 11.5 Å². The van der Waals surface area contributed by atoms with Gasteiger partial charge in [0.1, 0.15) is 11.5 Å². The van der Waals surface area contributed by atoms with Crippen LogP contribution in [-0.2, 0) is 29.1 Å². The molecule has 6 heteroatoms. The number of hydrogen-bond donors (Lipinski definition) is 4. The highest BCUT2D eigenvalue weighted by Crippen LogP contribution is 2.32. The summed E-state index contributed by atoms with van der Waals surface area (Å²) in [5, 5.41) is 26.6. The lowest BCUT2D eigenvalue weighted by atomic mass is 9.95. The largest absolute Gasteiger partial charge is 0.507 e. The van der Waals surface area contributed by atoms with Crippen LogP contribution in [0.4, 0.5) is 0 Å². The van der Waals surface area contributed by atoms with Gasteiger partial charge in [-0.3, -0.25) is 9.59 Å². The van der Waals surface area contributed by atoms with E-state index in [-0.39, 0.29) is 36.4 Å². The SMILES string of the molecule is CC(=O)NCc1cc(C)cc(Cc2cc(C)cc(CNC(C)=O)c2O)c1O. The van der Waals surface area contributed by atoms with Crippen LogP contribution in [0.1, 0.15) is 47.2 Å². The maximum absolute atomic E-state index is 11.2. The molecule has 0 aliphatic rings. The first kappa shape index (κ1) is 20.3. The highest BCUT2D eigenvalue weighted by molar-refractivity contribution is 5.73. The molecule has 0 heterocycles. The molecule has 2 aromatic carbocycles. The van der Waals surface area contributed by atoms with Gasteiger partial charge in [-0.05, 0) is 25.0 Å². The zero-order valence-corrected chi connectivity index (χ0v) is 16.1. The lowest BCUT2D eigenvalue weighted by Crippen LogP contribution is -2.19. The van der Waals surface area contributed by atoms with E-state index >= 15 is 0 Å². The third-order valence-electron chi connectivity index (χ3n) is 4.26. The molecule has 2 rings (SSSR count). The van der Waals surface area contributed by atoms with Crippen molar-refractivity contribution in [2.24, 2.45) is 0 Å². The first-order chi connectivity index (χ1) is 12.7. The Balaban J connectivity index is 2.36. The number of rotatable bonds is 6. The van der Waals surface area contributed by atoms with Gasteiger partial charge in [0.05, 0.1) is 0 Å². The quantitative estimate of drug-likeness (QED) is 0.628. The van der Waals surface area contributed by atoms with Crippen LogP contribution in [0.15, 0.2) is 24.3 Å². The predicted octanol–water partition coefficient (Wildman–Crippen LogP) is 2.58. The van der Waals surface area contributed by atoms with Gasteiger partial charge in [0.25, 0.3) is 0 Å². The summed E-state index contributed by atoms with van der Waals surface area (Å²) in [6.45, 7) is 7.16. The molecule has 0 aliphatic heterocycles. The number of amides is 2. The zero-order valence-electron chi connectivity index (χ0n) is 16.1. The lowest BCUT2D eigenvalue weighted by molar-refractivity contribution is -0.120. The summed E-state index contributed by atoms with van der Waals surface area (Å²) in [6.07, 6.45) is 0.334. The molecular weight excluding hydrogens is 344 g/mol. The molecule has 4 N–H and O–H groups in total. The number of phenolic OH excluding ortho intramolecular Hbond substituents is 2. The Morgan fingerprint density at radius 2 is 1.07 bits per heavy atom. The molecular formula is C21H26N2O4. The minimum absolute atomic E-state index is 0.110. The van der Waals surface area contributed by atoms with Crippen molar-refractivity contribution < 1.29 is 19.8 Å². The Morgan fingerprint density at radius 3 is 1.41 bits per heavy atom. The zero-order chi connectivity index (χ0) is 20.1. The van der Waals surface area contributed by atoms with E-state index in [0.29, 0.717) is 28.7 Å². The molecule has 2 amide bonds. The Labute approximate surface area is 159 Å². The summed E-state index contributed by atoms with van der Waals surface area (Å²) in [4.78, 5) is 22.3. The summed E-state index contributed by atoms with van der Waals surface area (Å²) in [5.41, 5.74) is 4.50. The number of aromatic hydroxyl groups is 2. The lowest BCUT2D eigenvalue weighted by Gasteiger charge is -2.15. The maximum Gasteiger partial charge on any atom is 0.217 e. The number of carbonyl (C=O) groups excluding carboxylic acids is 2. The van der Waals surface area contributed by atoms with Crippen LogP contribution in [0.2, 0.25) is 0 Å². The first-order valence-corrected chi connectivity index (χ1v) is 8.79. The number of aryl methyl sites for hydroxylation is 2. The van der Waals surface area contributed by atoms with Crippen molar-refractivity contribution in [1.82, 2.24) is 10.6 Å². The average molecular weight is 370 g/mol. The summed E-state index contributed by atoms with van der Waals surface area (Å²) >= 11 is 0. The molecule has 0 aliphatic carbocycles. The van der Waals surface area contributed by atoms with Crippen molar-refractivity contribution in [3.63, 3.8) is 0 Å². The molecule has 144 valence electrons. The second-order valence-corrected chi connectivity index (χ2v) is 6.86. The van der Waals surface area contributed by atoms with Crippen LogP contribution in [0.3, 0.4) is 0 Å². The molecule has 0 aromatic heterocycles. The minimum atomic E-state index is -0.170. The van der Waals surface area contributed by atoms with Crippen molar-refractivity contribution in [2.75, 3.05) is 0 Å². The van der Waals surface area contributed by atoms with Gasteiger partial charge in [0, 0.05) is 44.5 Å². The van der Waals surface area contributed by atoms with Gasteiger partial charge in [-0.2, -0.15) is 0 Å². The molecule has 0 atom stereocenters. The monoisotopic (exact) mass is 370 g/mol. The number of carbonyl (C=O) groups is 2. The highest BCUT2D eigenvalue weighted by Gasteiger charge is 2.14. The number of benzene rings is 2. The molecule has 0 saturated heterocycles. The molecule has 0 bridgehead atoms. The van der Waals surface area contributed by atoms with Crippen LogP contribution >= 0.6 is 0 Å². The van der Waals surface area contributed by atoms with Crippen molar-refractivity contribution in [3.05, 3.63) is 57.6 Å². The summed E-state index contributed by atoms with van der Waals surface area (Å²) < 4.78 is 0. The molecule has 2 aromatic rings. The van der Waals surface area contributed by atoms with Crippen LogP contribution < -0.4 is 10.6 Å². The van der Waals surface area contributed by atoms with E-state index in [4.69, 9.17) is 0 Å². The summed E-state index contributed by atoms with van der Waals surface area (Å²) in [6, 6.07) is 7.38. The third kappa shape index (κ3) is 5.48. The van der Waals surface area contributed by atoms with Crippen molar-refractivity contribution in [1.29, 1.82) is 0 Å². The second-order valence-electron chi connectivity index (χ2n) is 6.86. The predicted molar refractivity (Wildman–Crippen MR) is 104 cm³/mol. The fraction of sp³-hybridized carbons (Fsp3) is 0.333. The molecule has 0 spiro atoms. The van der Waals surface area contributed by atoms with Gasteiger partial charge in [-0.25, -0.2) is 0 Å². The van der Waals surface area contributed by atoms with Gasteiger partial charge in [0.2, 0.25) is 11.8 Å². The Hall–Kier alpha value is -3.02. The van der Waals surface area contributed by atoms with Crippen LogP contribution in [0, 0.1) is 13.8 Å². The molecule has 6 nitrogen and oxygen atoms in total. The third-order valence-corrected chi connectivity index (χ3v) is 4.26. The smallest absolute Gasteiger partial charge is 0.217 e. The maximum atomic E-state index is 11.2. The number of nitrogens with one attached hydrogen (secondary N) is 2. The molecule has 0 fully saturated rings. The van der Waals surface area contributed by atoms with Gasteiger partial charge < -0.3 is 20.8 Å². The first-order valence-electron chi connectivity index (χ1n) is 8.79. The molecule has 0 unspecified atom stereocenters. The Bertz CT molecular complexity index is 803. The second kappa shape index (κ2) is 8.58. The van der Waals surface area contributed by atoms with Gasteiger partial charge in [0.15, 0.2) is 0 Å². The van der Waals surface area contributed by atoms with E-state index in [2.05, 4.69) is 10.6 Å². The fourth-order valence-corrected chi connectivity index (χ4v) is 3.05. The van der Waals surface area contributed by atoms with Crippen molar-refractivity contribution >= 4 is 11.8 Å². The molecule has 27 heavy (non-hydrogen) atoms. The average Bonchev–Trinajstić information content (AvgIpc) is 2.57. The topological polar surface area (TPSA) is 98.7 Å². The fourth-order valence-electron chi connectivity index (χ4n) is 3.05. The normalized spacial score (nSPS) is 10.5. The number of phenols is 2. The van der Waals surface area contributed by atoms with E-state index in [1.807, 2.05) is 38.1 Å². The Morgan fingerprint density at radius 1 is 0.741 bits per heavy atom. The van der Waals surface area contributed by atoms with Gasteiger partial charge in [-0.15, -0.1) is 0 Å². The van der Waals surface area contributed by atoms with Crippen LogP contribution in [0.25, 0.3) is 0 Å². The molecule has 0 saturated carbocycles. The van der Waals surface area contributed by atoms with E-state index in [1.54, 1.807) is 0 Å². The van der Waals surface area contributed by atoms with Gasteiger partial charge >= 0.3 is 0 Å². The van der Waals surface area contributed by atoms with Crippen LogP contribution in [0.5, 0.6) is 11.5 Å². The minimum Gasteiger partial charge on any atom is -0.507 e. The highest BCUT2D eigenvalue weighted by atomic mass is 16.3. The van der Waals surface area contributed by atoms with Crippen LogP contribution in [-0.4, -0.2) is 22.0 Å². The number of hydrogen-bond acceptors (Lipinski definition) is 4. The van der Waals surface area contributed by atoms with E-state index in [0.717, 1.165) is 11.1 Å². The summed E-state index contributed by atoms with van der Waals surface area (Å²) in [7, 11) is 0. The van der Waals surface area contributed by atoms with Crippen molar-refractivity contribution in [2.45, 2.75) is 47.2 Å². The van der Waals surface area contributed by atoms with Gasteiger partial charge in [-0.1, -0.05) is 35.4 Å². The van der Waals surface area contributed by atoms with E-state index < -0.39 is 0 Å². The summed E-state index contributed by atoms with van der Waals surface area (Å²) in [5.74, 6) is -0.120. The van der Waals surface area contributed by atoms with E-state index in [9.17, 15) is 19.8 Å². The standard InChI is InChI=1S/C21H26N2O4/c1-12-5-16(20(26)18(7-12)10-22-14(3)24)9-17-6-13(2)8-19(21(17)27)11-23-15(4)25/h5-8,26-27H,9-11H2,1-4H3,(H,22,24)(H,23,25). The molecule has 0 radical (unpaired) electrons. The van der Waals surface area contributed by atoms with E-state index in [1.165, 1.54) is 13.8 Å². The Kier molecular flexibility index (Phi) is 6.45.